The van der Waals surface area contributed by atoms with Crippen molar-refractivity contribution in [3.05, 3.63) is 24.0 Å². The van der Waals surface area contributed by atoms with E-state index < -0.39 is 5.97 Å². The van der Waals surface area contributed by atoms with Crippen molar-refractivity contribution in [3.8, 4) is 0 Å². The molecule has 7 nitrogen and oxygen atoms in total. The maximum absolute atomic E-state index is 11.8. The quantitative estimate of drug-likeness (QED) is 0.774. The fourth-order valence-electron chi connectivity index (χ4n) is 2.06. The second-order valence-corrected chi connectivity index (χ2v) is 4.68. The molecule has 1 aliphatic rings. The van der Waals surface area contributed by atoms with Gasteiger partial charge in [-0.15, -0.1) is 0 Å². The third-order valence-electron chi connectivity index (χ3n) is 3.12. The molecule has 1 aliphatic heterocycles. The highest BCUT2D eigenvalue weighted by atomic mass is 16.5. The Labute approximate surface area is 116 Å². The number of anilines is 1. The van der Waals surface area contributed by atoms with Crippen molar-refractivity contribution < 1.29 is 19.4 Å². The van der Waals surface area contributed by atoms with E-state index in [1.54, 1.807) is 0 Å². The van der Waals surface area contributed by atoms with E-state index in [9.17, 15) is 9.59 Å². The summed E-state index contributed by atoms with van der Waals surface area (Å²) < 4.78 is 5.49. The van der Waals surface area contributed by atoms with Crippen LogP contribution in [0.15, 0.2) is 18.3 Å². The zero-order valence-corrected chi connectivity index (χ0v) is 11.1. The number of aromatic nitrogens is 1. The number of urea groups is 1. The van der Waals surface area contributed by atoms with Crippen molar-refractivity contribution in [1.82, 2.24) is 10.3 Å². The molecule has 0 saturated carbocycles. The van der Waals surface area contributed by atoms with Gasteiger partial charge in [-0.05, 0) is 31.9 Å². The zero-order chi connectivity index (χ0) is 14.5. The normalized spacial score (nSPS) is 19.4. The number of rotatable bonds is 4. The lowest BCUT2D eigenvalue weighted by atomic mass is 10.1. The second-order valence-electron chi connectivity index (χ2n) is 4.68. The van der Waals surface area contributed by atoms with Gasteiger partial charge in [-0.25, -0.2) is 14.6 Å². The summed E-state index contributed by atoms with van der Waals surface area (Å²) in [5, 5.41) is 14.1. The number of nitrogens with one attached hydrogen (secondary N) is 2. The van der Waals surface area contributed by atoms with E-state index in [1.807, 2.05) is 6.92 Å². The van der Waals surface area contributed by atoms with Gasteiger partial charge in [0.15, 0.2) is 0 Å². The highest BCUT2D eigenvalue weighted by Crippen LogP contribution is 2.15. The molecule has 2 heterocycles. The number of carboxylic acids is 1. The molecule has 0 aliphatic carbocycles. The van der Waals surface area contributed by atoms with Crippen molar-refractivity contribution in [2.45, 2.75) is 31.9 Å². The van der Waals surface area contributed by atoms with Crippen molar-refractivity contribution in [3.63, 3.8) is 0 Å². The molecule has 3 N–H and O–H groups in total. The van der Waals surface area contributed by atoms with Gasteiger partial charge in [0.25, 0.3) is 0 Å². The first-order valence-corrected chi connectivity index (χ1v) is 6.45. The van der Waals surface area contributed by atoms with Crippen LogP contribution in [0.4, 0.5) is 10.5 Å². The third kappa shape index (κ3) is 3.67. The van der Waals surface area contributed by atoms with E-state index in [4.69, 9.17) is 9.84 Å². The molecule has 1 saturated heterocycles. The third-order valence-corrected chi connectivity index (χ3v) is 3.12. The fourth-order valence-corrected chi connectivity index (χ4v) is 2.06. The predicted octanol–water partition coefficient (Wildman–Crippen LogP) is 1.47. The minimum Gasteiger partial charge on any atom is -0.477 e. The lowest BCUT2D eigenvalue weighted by molar-refractivity contribution is 0.0690. The molecule has 0 bridgehead atoms. The highest BCUT2D eigenvalue weighted by Gasteiger charge is 2.23. The maximum atomic E-state index is 11.8. The molecular formula is C13H17N3O4. The van der Waals surface area contributed by atoms with E-state index in [2.05, 4.69) is 15.6 Å². The van der Waals surface area contributed by atoms with Crippen LogP contribution in [0.25, 0.3) is 0 Å². The number of carbonyl (C=O) groups excluding carboxylic acids is 1. The number of amides is 2. The van der Waals surface area contributed by atoms with Gasteiger partial charge in [0.1, 0.15) is 5.69 Å². The van der Waals surface area contributed by atoms with Gasteiger partial charge in [-0.2, -0.15) is 0 Å². The zero-order valence-electron chi connectivity index (χ0n) is 11.1. The first-order valence-electron chi connectivity index (χ1n) is 6.45. The Bertz CT molecular complexity index is 483. The van der Waals surface area contributed by atoms with Gasteiger partial charge in [0.2, 0.25) is 0 Å². The molecular weight excluding hydrogens is 262 g/mol. The Kier molecular flexibility index (Phi) is 4.52. The maximum Gasteiger partial charge on any atom is 0.354 e. The second kappa shape index (κ2) is 6.33. The molecule has 1 aromatic rings. The number of nitrogens with zero attached hydrogens (tertiary/aromatic N) is 1. The van der Waals surface area contributed by atoms with E-state index in [0.717, 1.165) is 19.4 Å². The van der Waals surface area contributed by atoms with Gasteiger partial charge in [-0.1, -0.05) is 0 Å². The van der Waals surface area contributed by atoms with Crippen molar-refractivity contribution in [2.75, 3.05) is 11.9 Å². The number of carboxylic acid groups (broad SMARTS) is 1. The Hall–Kier alpha value is -2.15. The van der Waals surface area contributed by atoms with Crippen LogP contribution in [0.1, 0.15) is 30.3 Å². The van der Waals surface area contributed by atoms with Crippen LogP contribution < -0.4 is 10.6 Å². The van der Waals surface area contributed by atoms with E-state index in [1.165, 1.54) is 18.3 Å². The van der Waals surface area contributed by atoms with Crippen molar-refractivity contribution in [2.24, 2.45) is 0 Å². The highest BCUT2D eigenvalue weighted by molar-refractivity contribution is 5.90. The molecule has 2 rings (SSSR count). The summed E-state index contributed by atoms with van der Waals surface area (Å²) in [6.45, 7) is 2.63. The minimum atomic E-state index is -1.10. The van der Waals surface area contributed by atoms with Crippen molar-refractivity contribution >= 4 is 17.7 Å². The topological polar surface area (TPSA) is 101 Å². The van der Waals surface area contributed by atoms with Gasteiger partial charge in [-0.3, -0.25) is 0 Å². The summed E-state index contributed by atoms with van der Waals surface area (Å²) in [6.07, 6.45) is 3.31. The molecule has 7 heteroatoms. The molecule has 0 spiro atoms. The van der Waals surface area contributed by atoms with Gasteiger partial charge in [0.05, 0.1) is 24.0 Å². The van der Waals surface area contributed by atoms with Gasteiger partial charge >= 0.3 is 12.0 Å². The molecule has 1 aromatic heterocycles. The summed E-state index contributed by atoms with van der Waals surface area (Å²) in [6, 6.07) is 2.38. The standard InChI is InChI=1S/C13H17N3O4/c1-8(11-3-2-6-20-11)15-13(19)16-9-4-5-10(12(17)18)14-7-9/h4-5,7-8,11H,2-3,6H2,1H3,(H,17,18)(H2,15,16,19). The molecule has 2 unspecified atom stereocenters. The van der Waals surface area contributed by atoms with Crippen molar-refractivity contribution in [1.29, 1.82) is 0 Å². The molecule has 1 fully saturated rings. The predicted molar refractivity (Wildman–Crippen MR) is 71.8 cm³/mol. The lowest BCUT2D eigenvalue weighted by Gasteiger charge is -2.20. The SMILES string of the molecule is CC(NC(=O)Nc1ccc(C(=O)O)nc1)C1CCCO1. The van der Waals surface area contributed by atoms with Crippen LogP contribution in [-0.4, -0.2) is 40.8 Å². The lowest BCUT2D eigenvalue weighted by Crippen LogP contribution is -2.43. The van der Waals surface area contributed by atoms with Crippen LogP contribution in [0.5, 0.6) is 0 Å². The number of hydrogen-bond acceptors (Lipinski definition) is 4. The van der Waals surface area contributed by atoms with Crippen LogP contribution in [0.2, 0.25) is 0 Å². The largest absolute Gasteiger partial charge is 0.477 e. The van der Waals surface area contributed by atoms with Gasteiger partial charge < -0.3 is 20.5 Å². The summed E-state index contributed by atoms with van der Waals surface area (Å²) in [7, 11) is 0. The summed E-state index contributed by atoms with van der Waals surface area (Å²) in [5.74, 6) is -1.10. The Morgan fingerprint density at radius 3 is 2.85 bits per heavy atom. The first kappa shape index (κ1) is 14.3. The summed E-state index contributed by atoms with van der Waals surface area (Å²) in [4.78, 5) is 26.1. The molecule has 108 valence electrons. The van der Waals surface area contributed by atoms with Crippen LogP contribution in [0.3, 0.4) is 0 Å². The van der Waals surface area contributed by atoms with E-state index in [-0.39, 0.29) is 23.9 Å². The number of carbonyl (C=O) groups is 2. The monoisotopic (exact) mass is 279 g/mol. The average Bonchev–Trinajstić information content (AvgIpc) is 2.93. The summed E-state index contributed by atoms with van der Waals surface area (Å²) >= 11 is 0. The fraction of sp³-hybridized carbons (Fsp3) is 0.462. The average molecular weight is 279 g/mol. The summed E-state index contributed by atoms with van der Waals surface area (Å²) in [5.41, 5.74) is 0.371. The number of aromatic carboxylic acids is 1. The number of ether oxygens (including phenoxy) is 1. The Balaban J connectivity index is 1.85. The van der Waals surface area contributed by atoms with E-state index >= 15 is 0 Å². The minimum absolute atomic E-state index is 0.0493. The van der Waals surface area contributed by atoms with Crippen LogP contribution >= 0.6 is 0 Å². The van der Waals surface area contributed by atoms with E-state index in [0.29, 0.717) is 5.69 Å². The van der Waals surface area contributed by atoms with Crippen LogP contribution in [0, 0.1) is 0 Å². The number of pyridine rings is 1. The molecule has 2 amide bonds. The molecule has 0 radical (unpaired) electrons. The molecule has 2 atom stereocenters. The smallest absolute Gasteiger partial charge is 0.354 e. The number of hydrogen-bond donors (Lipinski definition) is 3. The Morgan fingerprint density at radius 2 is 2.30 bits per heavy atom. The Morgan fingerprint density at radius 1 is 1.50 bits per heavy atom. The van der Waals surface area contributed by atoms with Gasteiger partial charge in [0, 0.05) is 6.61 Å². The van der Waals surface area contributed by atoms with Crippen LogP contribution in [-0.2, 0) is 4.74 Å². The molecule has 20 heavy (non-hydrogen) atoms. The first-order chi connectivity index (χ1) is 9.56. The molecule has 0 aromatic carbocycles.